The zero-order valence-corrected chi connectivity index (χ0v) is 11.2. The molecular formula is C18H20. The van der Waals surface area contributed by atoms with Crippen LogP contribution in [-0.2, 0) is 0 Å². The van der Waals surface area contributed by atoms with E-state index in [1.165, 1.54) is 41.5 Å². The van der Waals surface area contributed by atoms with Gasteiger partial charge in [-0.25, -0.2) is 0 Å². The molecule has 0 nitrogen and oxygen atoms in total. The largest absolute Gasteiger partial charge is 0.0839 e. The molecule has 0 aromatic heterocycles. The predicted octanol–water partition coefficient (Wildman–Crippen LogP) is 5.24. The summed E-state index contributed by atoms with van der Waals surface area (Å²) >= 11 is 0. The third kappa shape index (κ3) is 1.86. The van der Waals surface area contributed by atoms with Crippen LogP contribution in [0.1, 0.15) is 50.2 Å². The van der Waals surface area contributed by atoms with Crippen molar-refractivity contribution in [1.29, 1.82) is 0 Å². The van der Waals surface area contributed by atoms with Crippen molar-refractivity contribution in [3.8, 4) is 0 Å². The van der Waals surface area contributed by atoms with Gasteiger partial charge in [0.2, 0.25) is 0 Å². The molecule has 92 valence electrons. The molecule has 1 aromatic carbocycles. The van der Waals surface area contributed by atoms with Gasteiger partial charge in [0.25, 0.3) is 0 Å². The maximum atomic E-state index is 2.43. The summed E-state index contributed by atoms with van der Waals surface area (Å²) in [5.74, 6) is 0.571. The van der Waals surface area contributed by atoms with Gasteiger partial charge in [-0.2, -0.15) is 0 Å². The summed E-state index contributed by atoms with van der Waals surface area (Å²) in [6.07, 6.45) is 10.7. The van der Waals surface area contributed by atoms with Crippen LogP contribution < -0.4 is 0 Å². The Hall–Kier alpha value is -1.56. The summed E-state index contributed by atoms with van der Waals surface area (Å²) in [4.78, 5) is 0. The SMILES string of the molecule is CC1=C(C)c2ccccc2C(C2=CCCC=C2)C1. The number of hydrogen-bond donors (Lipinski definition) is 0. The lowest BCUT2D eigenvalue weighted by Gasteiger charge is -2.29. The first-order chi connectivity index (χ1) is 8.77. The van der Waals surface area contributed by atoms with E-state index in [2.05, 4.69) is 56.3 Å². The lowest BCUT2D eigenvalue weighted by molar-refractivity contribution is 0.765. The Labute approximate surface area is 110 Å². The summed E-state index contributed by atoms with van der Waals surface area (Å²) in [6.45, 7) is 4.54. The highest BCUT2D eigenvalue weighted by Crippen LogP contribution is 2.42. The Morgan fingerprint density at radius 1 is 1.06 bits per heavy atom. The second-order valence-corrected chi connectivity index (χ2v) is 5.43. The normalized spacial score (nSPS) is 22.8. The molecule has 0 N–H and O–H groups in total. The first-order valence-corrected chi connectivity index (χ1v) is 6.89. The van der Waals surface area contributed by atoms with Gasteiger partial charge in [0.05, 0.1) is 0 Å². The minimum atomic E-state index is 0.571. The van der Waals surface area contributed by atoms with E-state index < -0.39 is 0 Å². The molecule has 0 aliphatic heterocycles. The third-order valence-electron chi connectivity index (χ3n) is 4.32. The molecule has 0 fully saturated rings. The van der Waals surface area contributed by atoms with Gasteiger partial charge in [0.1, 0.15) is 0 Å². The van der Waals surface area contributed by atoms with Crippen molar-refractivity contribution < 1.29 is 0 Å². The standard InChI is InChI=1S/C18H20/c1-13-12-18(15-8-4-3-5-9-15)17-11-7-6-10-16(17)14(13)2/h4,6-11,18H,3,5,12H2,1-2H3. The quantitative estimate of drug-likeness (QED) is 0.625. The molecule has 0 radical (unpaired) electrons. The second-order valence-electron chi connectivity index (χ2n) is 5.43. The average Bonchev–Trinajstić information content (AvgIpc) is 2.44. The Kier molecular flexibility index (Phi) is 2.95. The second kappa shape index (κ2) is 4.61. The Balaban J connectivity index is 2.09. The molecule has 1 aromatic rings. The molecule has 0 bridgehead atoms. The van der Waals surface area contributed by atoms with Crippen molar-refractivity contribution >= 4 is 5.57 Å². The van der Waals surface area contributed by atoms with Crippen molar-refractivity contribution in [3.63, 3.8) is 0 Å². The van der Waals surface area contributed by atoms with E-state index >= 15 is 0 Å². The summed E-state index contributed by atoms with van der Waals surface area (Å²) in [5.41, 5.74) is 7.49. The van der Waals surface area contributed by atoms with Crippen LogP contribution in [0.4, 0.5) is 0 Å². The van der Waals surface area contributed by atoms with Crippen LogP contribution in [0.3, 0.4) is 0 Å². The minimum Gasteiger partial charge on any atom is -0.0839 e. The Morgan fingerprint density at radius 2 is 1.89 bits per heavy atom. The van der Waals surface area contributed by atoms with Gasteiger partial charge in [0.15, 0.2) is 0 Å². The van der Waals surface area contributed by atoms with Gasteiger partial charge in [0, 0.05) is 5.92 Å². The van der Waals surface area contributed by atoms with Crippen LogP contribution in [-0.4, -0.2) is 0 Å². The lowest BCUT2D eigenvalue weighted by Crippen LogP contribution is -2.11. The summed E-state index contributed by atoms with van der Waals surface area (Å²) in [6, 6.07) is 8.91. The molecule has 0 spiro atoms. The monoisotopic (exact) mass is 236 g/mol. The Morgan fingerprint density at radius 3 is 2.67 bits per heavy atom. The molecule has 0 heteroatoms. The van der Waals surface area contributed by atoms with Crippen LogP contribution in [0.25, 0.3) is 5.57 Å². The van der Waals surface area contributed by atoms with Crippen molar-refractivity contribution in [2.75, 3.05) is 0 Å². The molecule has 3 rings (SSSR count). The van der Waals surface area contributed by atoms with E-state index in [9.17, 15) is 0 Å². The third-order valence-corrected chi connectivity index (χ3v) is 4.32. The van der Waals surface area contributed by atoms with E-state index in [4.69, 9.17) is 0 Å². The van der Waals surface area contributed by atoms with Crippen molar-refractivity contribution in [2.24, 2.45) is 0 Å². The number of fused-ring (bicyclic) bond motifs is 1. The highest BCUT2D eigenvalue weighted by Gasteiger charge is 2.24. The topological polar surface area (TPSA) is 0 Å². The summed E-state index contributed by atoms with van der Waals surface area (Å²) < 4.78 is 0. The van der Waals surface area contributed by atoms with E-state index in [0.29, 0.717) is 5.92 Å². The van der Waals surface area contributed by atoms with Gasteiger partial charge >= 0.3 is 0 Å². The van der Waals surface area contributed by atoms with Crippen molar-refractivity contribution in [3.05, 3.63) is 64.8 Å². The predicted molar refractivity (Wildman–Crippen MR) is 78.5 cm³/mol. The highest BCUT2D eigenvalue weighted by molar-refractivity contribution is 5.73. The molecule has 1 unspecified atom stereocenters. The van der Waals surface area contributed by atoms with E-state index in [1.807, 2.05) is 0 Å². The minimum absolute atomic E-state index is 0.571. The highest BCUT2D eigenvalue weighted by atomic mass is 14.3. The summed E-state index contributed by atoms with van der Waals surface area (Å²) in [5, 5.41) is 0. The van der Waals surface area contributed by atoms with Gasteiger partial charge in [-0.3, -0.25) is 0 Å². The number of rotatable bonds is 1. The first kappa shape index (κ1) is 11.5. The fourth-order valence-corrected chi connectivity index (χ4v) is 3.13. The van der Waals surface area contributed by atoms with Crippen LogP contribution in [0.5, 0.6) is 0 Å². The smallest absolute Gasteiger partial charge is 0.0129 e. The van der Waals surface area contributed by atoms with Crippen LogP contribution >= 0.6 is 0 Å². The molecule has 0 amide bonds. The molecule has 0 saturated heterocycles. The van der Waals surface area contributed by atoms with E-state index in [1.54, 1.807) is 5.57 Å². The number of allylic oxidation sites excluding steroid dienone is 6. The molecular weight excluding hydrogens is 216 g/mol. The summed E-state index contributed by atoms with van der Waals surface area (Å²) in [7, 11) is 0. The van der Waals surface area contributed by atoms with Crippen LogP contribution in [0.2, 0.25) is 0 Å². The maximum Gasteiger partial charge on any atom is 0.0129 e. The zero-order chi connectivity index (χ0) is 12.5. The molecule has 2 aliphatic carbocycles. The lowest BCUT2D eigenvalue weighted by atomic mass is 9.75. The van der Waals surface area contributed by atoms with Crippen LogP contribution in [0.15, 0.2) is 53.6 Å². The van der Waals surface area contributed by atoms with E-state index in [-0.39, 0.29) is 0 Å². The molecule has 0 heterocycles. The van der Waals surface area contributed by atoms with Gasteiger partial charge in [-0.05, 0) is 55.4 Å². The van der Waals surface area contributed by atoms with Crippen molar-refractivity contribution in [2.45, 2.75) is 39.0 Å². The fraction of sp³-hybridized carbons (Fsp3) is 0.333. The maximum absolute atomic E-state index is 2.43. The molecule has 18 heavy (non-hydrogen) atoms. The van der Waals surface area contributed by atoms with Crippen LogP contribution in [0, 0.1) is 0 Å². The van der Waals surface area contributed by atoms with Gasteiger partial charge in [-0.1, -0.05) is 48.1 Å². The van der Waals surface area contributed by atoms with Gasteiger partial charge in [-0.15, -0.1) is 0 Å². The average molecular weight is 236 g/mol. The molecule has 2 aliphatic rings. The van der Waals surface area contributed by atoms with Gasteiger partial charge < -0.3 is 0 Å². The van der Waals surface area contributed by atoms with E-state index in [0.717, 1.165) is 0 Å². The zero-order valence-electron chi connectivity index (χ0n) is 11.2. The fourth-order valence-electron chi connectivity index (χ4n) is 3.13. The first-order valence-electron chi connectivity index (χ1n) is 6.89. The molecule has 1 atom stereocenters. The van der Waals surface area contributed by atoms with Crippen molar-refractivity contribution in [1.82, 2.24) is 0 Å². The number of benzene rings is 1. The molecule has 0 saturated carbocycles. The number of hydrogen-bond acceptors (Lipinski definition) is 0. The Bertz CT molecular complexity index is 555.